The Labute approximate surface area is 123 Å². The summed E-state index contributed by atoms with van der Waals surface area (Å²) >= 11 is 0. The monoisotopic (exact) mass is 294 g/mol. The SMILES string of the molecule is CCNCc1cc(F)c(N(C)Cc2cnn(C)c2)c(F)c1. The first-order valence-electron chi connectivity index (χ1n) is 6.88. The third kappa shape index (κ3) is 3.78. The lowest BCUT2D eigenvalue weighted by molar-refractivity contribution is 0.570. The highest BCUT2D eigenvalue weighted by Gasteiger charge is 2.16. The molecule has 1 N–H and O–H groups in total. The minimum Gasteiger partial charge on any atom is -0.365 e. The zero-order valence-electron chi connectivity index (χ0n) is 12.5. The van der Waals surface area contributed by atoms with Crippen LogP contribution < -0.4 is 10.2 Å². The Morgan fingerprint density at radius 3 is 2.43 bits per heavy atom. The number of rotatable bonds is 6. The second-order valence-electron chi connectivity index (χ2n) is 5.07. The van der Waals surface area contributed by atoms with Gasteiger partial charge in [0.15, 0.2) is 0 Å². The molecule has 114 valence electrons. The van der Waals surface area contributed by atoms with E-state index in [1.165, 1.54) is 12.1 Å². The number of aryl methyl sites for hydroxylation is 1. The van der Waals surface area contributed by atoms with Crippen molar-refractivity contribution in [3.05, 3.63) is 47.3 Å². The van der Waals surface area contributed by atoms with Gasteiger partial charge in [0.1, 0.15) is 17.3 Å². The van der Waals surface area contributed by atoms with E-state index >= 15 is 0 Å². The van der Waals surface area contributed by atoms with Crippen LogP contribution in [0.25, 0.3) is 0 Å². The lowest BCUT2D eigenvalue weighted by Gasteiger charge is -2.20. The Hall–Kier alpha value is -1.95. The Morgan fingerprint density at radius 1 is 1.24 bits per heavy atom. The lowest BCUT2D eigenvalue weighted by atomic mass is 10.1. The van der Waals surface area contributed by atoms with Crippen molar-refractivity contribution >= 4 is 5.69 Å². The summed E-state index contributed by atoms with van der Waals surface area (Å²) in [7, 11) is 3.47. The molecule has 6 heteroatoms. The Bertz CT molecular complexity index is 586. The number of halogens is 2. The topological polar surface area (TPSA) is 33.1 Å². The minimum atomic E-state index is -0.547. The van der Waals surface area contributed by atoms with Gasteiger partial charge in [-0.1, -0.05) is 6.92 Å². The summed E-state index contributed by atoms with van der Waals surface area (Å²) in [4.78, 5) is 1.55. The van der Waals surface area contributed by atoms with E-state index in [0.29, 0.717) is 18.7 Å². The Balaban J connectivity index is 2.18. The van der Waals surface area contributed by atoms with Gasteiger partial charge in [-0.2, -0.15) is 5.10 Å². The van der Waals surface area contributed by atoms with E-state index in [0.717, 1.165) is 12.1 Å². The molecule has 0 bridgehead atoms. The predicted molar refractivity (Wildman–Crippen MR) is 79.1 cm³/mol. The van der Waals surface area contributed by atoms with Gasteiger partial charge >= 0.3 is 0 Å². The molecule has 0 radical (unpaired) electrons. The normalized spacial score (nSPS) is 10.9. The van der Waals surface area contributed by atoms with Gasteiger partial charge in [0, 0.05) is 38.9 Å². The number of nitrogens with zero attached hydrogens (tertiary/aromatic N) is 3. The van der Waals surface area contributed by atoms with E-state index in [4.69, 9.17) is 0 Å². The molecular weight excluding hydrogens is 274 g/mol. The molecule has 0 saturated carbocycles. The largest absolute Gasteiger partial charge is 0.365 e. The van der Waals surface area contributed by atoms with Crippen molar-refractivity contribution in [2.45, 2.75) is 20.0 Å². The Morgan fingerprint density at radius 2 is 1.90 bits per heavy atom. The van der Waals surface area contributed by atoms with Gasteiger partial charge in [0.05, 0.1) is 6.20 Å². The van der Waals surface area contributed by atoms with Crippen molar-refractivity contribution in [1.29, 1.82) is 0 Å². The zero-order chi connectivity index (χ0) is 15.4. The average molecular weight is 294 g/mol. The molecule has 0 amide bonds. The van der Waals surface area contributed by atoms with Gasteiger partial charge in [-0.25, -0.2) is 8.78 Å². The first-order chi connectivity index (χ1) is 10.0. The first-order valence-corrected chi connectivity index (χ1v) is 6.88. The third-order valence-electron chi connectivity index (χ3n) is 3.22. The van der Waals surface area contributed by atoms with Crippen LogP contribution in [-0.2, 0) is 20.1 Å². The van der Waals surface area contributed by atoms with E-state index < -0.39 is 11.6 Å². The van der Waals surface area contributed by atoms with Crippen molar-refractivity contribution in [2.75, 3.05) is 18.5 Å². The molecule has 0 unspecified atom stereocenters. The summed E-state index contributed by atoms with van der Waals surface area (Å²) in [6.07, 6.45) is 3.51. The fourth-order valence-corrected chi connectivity index (χ4v) is 2.26. The van der Waals surface area contributed by atoms with E-state index in [1.54, 1.807) is 29.9 Å². The average Bonchev–Trinajstić information content (AvgIpc) is 2.81. The first kappa shape index (κ1) is 15.4. The molecule has 0 fully saturated rings. The van der Waals surface area contributed by atoms with Crippen LogP contribution >= 0.6 is 0 Å². The maximum atomic E-state index is 14.2. The molecule has 0 aliphatic carbocycles. The minimum absolute atomic E-state index is 0.0147. The van der Waals surface area contributed by atoms with E-state index in [-0.39, 0.29) is 5.69 Å². The van der Waals surface area contributed by atoms with Crippen LogP contribution in [0.3, 0.4) is 0 Å². The second-order valence-corrected chi connectivity index (χ2v) is 5.07. The van der Waals surface area contributed by atoms with Crippen LogP contribution in [0.4, 0.5) is 14.5 Å². The van der Waals surface area contributed by atoms with Gasteiger partial charge in [0.2, 0.25) is 0 Å². The summed E-state index contributed by atoms with van der Waals surface area (Å²) in [6, 6.07) is 2.75. The van der Waals surface area contributed by atoms with Crippen LogP contribution in [0.15, 0.2) is 24.5 Å². The van der Waals surface area contributed by atoms with Gasteiger partial charge in [-0.05, 0) is 24.2 Å². The van der Waals surface area contributed by atoms with Crippen LogP contribution in [0.2, 0.25) is 0 Å². The summed E-state index contributed by atoms with van der Waals surface area (Å²) in [5.41, 5.74) is 1.49. The third-order valence-corrected chi connectivity index (χ3v) is 3.22. The fourth-order valence-electron chi connectivity index (χ4n) is 2.26. The summed E-state index contributed by atoms with van der Waals surface area (Å²) < 4.78 is 30.0. The van der Waals surface area contributed by atoms with Crippen molar-refractivity contribution in [2.24, 2.45) is 7.05 Å². The van der Waals surface area contributed by atoms with E-state index in [2.05, 4.69) is 10.4 Å². The number of nitrogens with one attached hydrogen (secondary N) is 1. The molecule has 1 aromatic heterocycles. The van der Waals surface area contributed by atoms with Gasteiger partial charge in [-0.15, -0.1) is 0 Å². The molecule has 4 nitrogen and oxygen atoms in total. The molecule has 21 heavy (non-hydrogen) atoms. The van der Waals surface area contributed by atoms with Crippen molar-refractivity contribution < 1.29 is 8.78 Å². The van der Waals surface area contributed by atoms with Crippen LogP contribution in [-0.4, -0.2) is 23.4 Å². The number of anilines is 1. The predicted octanol–water partition coefficient (Wildman–Crippen LogP) is 2.44. The highest BCUT2D eigenvalue weighted by molar-refractivity contribution is 5.50. The summed E-state index contributed by atoms with van der Waals surface area (Å²) in [6.45, 7) is 3.56. The number of hydrogen-bond acceptors (Lipinski definition) is 3. The second kappa shape index (κ2) is 6.67. The molecule has 1 heterocycles. The highest BCUT2D eigenvalue weighted by atomic mass is 19.1. The molecule has 1 aromatic carbocycles. The van der Waals surface area contributed by atoms with Crippen LogP contribution in [0.5, 0.6) is 0 Å². The van der Waals surface area contributed by atoms with E-state index in [9.17, 15) is 8.78 Å². The fraction of sp³-hybridized carbons (Fsp3) is 0.400. The molecule has 0 spiro atoms. The number of aromatic nitrogens is 2. The van der Waals surface area contributed by atoms with Crippen molar-refractivity contribution in [1.82, 2.24) is 15.1 Å². The molecule has 0 aliphatic rings. The zero-order valence-corrected chi connectivity index (χ0v) is 12.5. The van der Waals surface area contributed by atoms with Crippen LogP contribution in [0.1, 0.15) is 18.1 Å². The lowest BCUT2D eigenvalue weighted by Crippen LogP contribution is -2.20. The molecule has 2 rings (SSSR count). The summed E-state index contributed by atoms with van der Waals surface area (Å²) in [5, 5.41) is 7.10. The standard InChI is InChI=1S/C15H20F2N4/c1-4-18-7-11-5-13(16)15(14(17)6-11)20(2)9-12-8-19-21(3)10-12/h5-6,8,10,18H,4,7,9H2,1-3H3. The molecule has 0 saturated heterocycles. The van der Waals surface area contributed by atoms with Crippen LogP contribution in [0, 0.1) is 11.6 Å². The molecule has 0 atom stereocenters. The van der Waals surface area contributed by atoms with Crippen molar-refractivity contribution in [3.63, 3.8) is 0 Å². The molecule has 0 aliphatic heterocycles. The van der Waals surface area contributed by atoms with Gasteiger partial charge in [0.25, 0.3) is 0 Å². The molecular formula is C15H20F2N4. The quantitative estimate of drug-likeness (QED) is 0.888. The smallest absolute Gasteiger partial charge is 0.149 e. The highest BCUT2D eigenvalue weighted by Crippen LogP contribution is 2.25. The maximum Gasteiger partial charge on any atom is 0.149 e. The Kier molecular flexibility index (Phi) is 4.90. The number of hydrogen-bond donors (Lipinski definition) is 1. The van der Waals surface area contributed by atoms with E-state index in [1.807, 2.05) is 13.1 Å². The van der Waals surface area contributed by atoms with Gasteiger partial charge in [-0.3, -0.25) is 4.68 Å². The van der Waals surface area contributed by atoms with Gasteiger partial charge < -0.3 is 10.2 Å². The van der Waals surface area contributed by atoms with Crippen molar-refractivity contribution in [3.8, 4) is 0 Å². The summed E-state index contributed by atoms with van der Waals surface area (Å²) in [5.74, 6) is -1.09. The number of benzene rings is 1. The molecule has 2 aromatic rings. The maximum absolute atomic E-state index is 14.2.